The minimum atomic E-state index is 0.648. The molecule has 3 rings (SSSR count). The van der Waals surface area contributed by atoms with Gasteiger partial charge in [-0.15, -0.1) is 0 Å². The van der Waals surface area contributed by atoms with Crippen LogP contribution in [0.15, 0.2) is 66.7 Å². The van der Waals surface area contributed by atoms with Crippen molar-refractivity contribution in [3.8, 4) is 11.3 Å². The Kier molecular flexibility index (Phi) is 4.46. The molecule has 0 amide bonds. The van der Waals surface area contributed by atoms with Crippen LogP contribution in [0.4, 0.5) is 10.7 Å². The summed E-state index contributed by atoms with van der Waals surface area (Å²) in [6, 6.07) is 22.2. The van der Waals surface area contributed by atoms with E-state index in [9.17, 15) is 0 Å². The summed E-state index contributed by atoms with van der Waals surface area (Å²) >= 11 is 6.87. The summed E-state index contributed by atoms with van der Waals surface area (Å²) < 4.78 is 4.47. The Hall–Kier alpha value is -2.24. The number of nitrogens with one attached hydrogen (secondary N) is 1. The zero-order valence-electron chi connectivity index (χ0n) is 12.1. The molecule has 0 unspecified atom stereocenters. The molecule has 0 saturated heterocycles. The molecule has 0 radical (unpaired) electrons. The fraction of sp³-hybridized carbons (Fsp3) is 0.0588. The molecule has 3 aromatic rings. The maximum atomic E-state index is 5.46. The molecular weight excluding hydrogens is 310 g/mol. The molecule has 22 heavy (non-hydrogen) atoms. The van der Waals surface area contributed by atoms with Gasteiger partial charge in [0.2, 0.25) is 0 Å². The van der Waals surface area contributed by atoms with Crippen molar-refractivity contribution in [1.29, 1.82) is 0 Å². The highest BCUT2D eigenvalue weighted by molar-refractivity contribution is 7.80. The Balaban J connectivity index is 1.71. The average molecular weight is 325 g/mol. The molecule has 1 N–H and O–H groups in total. The lowest BCUT2D eigenvalue weighted by molar-refractivity contribution is 1.28. The summed E-state index contributed by atoms with van der Waals surface area (Å²) in [6.45, 7) is 0. The van der Waals surface area contributed by atoms with Crippen LogP contribution in [0.1, 0.15) is 0 Å². The van der Waals surface area contributed by atoms with E-state index in [0.29, 0.717) is 5.11 Å². The molecule has 0 atom stereocenters. The van der Waals surface area contributed by atoms with Gasteiger partial charge in [-0.05, 0) is 35.9 Å². The Morgan fingerprint density at radius 1 is 1.05 bits per heavy atom. The number of hydrogen-bond donors (Lipinski definition) is 1. The van der Waals surface area contributed by atoms with Crippen molar-refractivity contribution in [3.63, 3.8) is 0 Å². The molecule has 110 valence electrons. The normalized spacial score (nSPS) is 10.2. The summed E-state index contributed by atoms with van der Waals surface area (Å²) in [7, 11) is 1.95. The van der Waals surface area contributed by atoms with Crippen molar-refractivity contribution in [2.75, 3.05) is 17.3 Å². The second-order valence-electron chi connectivity index (χ2n) is 4.77. The first-order chi connectivity index (χ1) is 10.7. The predicted octanol–water partition coefficient (Wildman–Crippen LogP) is 4.64. The van der Waals surface area contributed by atoms with Gasteiger partial charge in [0.15, 0.2) is 5.11 Å². The van der Waals surface area contributed by atoms with Gasteiger partial charge in [0, 0.05) is 24.4 Å². The van der Waals surface area contributed by atoms with Crippen molar-refractivity contribution in [2.45, 2.75) is 0 Å². The molecule has 0 aliphatic heterocycles. The minimum absolute atomic E-state index is 0.648. The number of benzene rings is 2. The molecule has 0 bridgehead atoms. The summed E-state index contributed by atoms with van der Waals surface area (Å²) in [6.07, 6.45) is 0. The van der Waals surface area contributed by atoms with E-state index in [1.54, 1.807) is 0 Å². The van der Waals surface area contributed by atoms with E-state index in [2.05, 4.69) is 9.69 Å². The smallest absolute Gasteiger partial charge is 0.178 e. The van der Waals surface area contributed by atoms with Gasteiger partial charge in [-0.1, -0.05) is 48.5 Å². The highest BCUT2D eigenvalue weighted by atomic mass is 32.1. The second kappa shape index (κ2) is 6.68. The lowest BCUT2D eigenvalue weighted by Crippen LogP contribution is -2.30. The first-order valence-electron chi connectivity index (χ1n) is 6.86. The first-order valence-corrected chi connectivity index (χ1v) is 8.04. The maximum absolute atomic E-state index is 5.46. The number of thiocarbonyl (C=S) groups is 1. The zero-order valence-corrected chi connectivity index (χ0v) is 13.7. The maximum Gasteiger partial charge on any atom is 0.178 e. The molecule has 0 aliphatic carbocycles. The monoisotopic (exact) mass is 325 g/mol. The number of rotatable bonds is 3. The standard InChI is InChI=1S/C17H15N3S2/c1-20(14-10-6-3-7-11-14)17(21)18-16-12-15(19-22-16)13-8-4-2-5-9-13/h2-12H,1H3,(H,18,21). The van der Waals surface area contributed by atoms with Crippen molar-refractivity contribution in [2.24, 2.45) is 0 Å². The highest BCUT2D eigenvalue weighted by Crippen LogP contribution is 2.25. The second-order valence-corrected chi connectivity index (χ2v) is 5.96. The topological polar surface area (TPSA) is 28.2 Å². The van der Waals surface area contributed by atoms with E-state index < -0.39 is 0 Å². The Labute approximate surface area is 139 Å². The molecule has 0 spiro atoms. The molecular formula is C17H15N3S2. The molecule has 1 heterocycles. The summed E-state index contributed by atoms with van der Waals surface area (Å²) in [5.74, 6) is 0. The van der Waals surface area contributed by atoms with Crippen molar-refractivity contribution >= 4 is 39.6 Å². The third-order valence-electron chi connectivity index (χ3n) is 3.26. The van der Waals surface area contributed by atoms with Gasteiger partial charge in [-0.25, -0.2) is 0 Å². The van der Waals surface area contributed by atoms with Crippen LogP contribution in [0, 0.1) is 0 Å². The summed E-state index contributed by atoms with van der Waals surface area (Å²) in [5.41, 5.74) is 3.11. The number of para-hydroxylation sites is 1. The van der Waals surface area contributed by atoms with E-state index >= 15 is 0 Å². The van der Waals surface area contributed by atoms with Crippen LogP contribution >= 0.6 is 23.8 Å². The lowest BCUT2D eigenvalue weighted by Gasteiger charge is -2.20. The SMILES string of the molecule is CN(C(=S)Nc1cc(-c2ccccc2)ns1)c1ccccc1. The quantitative estimate of drug-likeness (QED) is 0.710. The van der Waals surface area contributed by atoms with E-state index in [-0.39, 0.29) is 0 Å². The van der Waals surface area contributed by atoms with Crippen LogP contribution in [0.2, 0.25) is 0 Å². The van der Waals surface area contributed by atoms with Gasteiger partial charge in [-0.2, -0.15) is 4.37 Å². The van der Waals surface area contributed by atoms with E-state index in [4.69, 9.17) is 12.2 Å². The van der Waals surface area contributed by atoms with Gasteiger partial charge < -0.3 is 10.2 Å². The molecule has 3 nitrogen and oxygen atoms in total. The molecule has 1 aromatic heterocycles. The van der Waals surface area contributed by atoms with Crippen LogP contribution < -0.4 is 10.2 Å². The van der Waals surface area contributed by atoms with E-state index in [0.717, 1.165) is 21.9 Å². The molecule has 2 aromatic carbocycles. The predicted molar refractivity (Wildman–Crippen MR) is 98.6 cm³/mol. The average Bonchev–Trinajstić information content (AvgIpc) is 3.04. The number of anilines is 2. The molecule has 0 fully saturated rings. The summed E-state index contributed by atoms with van der Waals surface area (Å²) in [5, 5.41) is 4.83. The minimum Gasteiger partial charge on any atom is -0.323 e. The van der Waals surface area contributed by atoms with Crippen molar-refractivity contribution in [1.82, 2.24) is 4.37 Å². The highest BCUT2D eigenvalue weighted by Gasteiger charge is 2.09. The van der Waals surface area contributed by atoms with Gasteiger partial charge >= 0.3 is 0 Å². The van der Waals surface area contributed by atoms with Crippen LogP contribution in [0.25, 0.3) is 11.3 Å². The fourth-order valence-electron chi connectivity index (χ4n) is 2.04. The van der Waals surface area contributed by atoms with Gasteiger partial charge in [-0.3, -0.25) is 0 Å². The largest absolute Gasteiger partial charge is 0.323 e. The first kappa shape index (κ1) is 14.7. The van der Waals surface area contributed by atoms with Crippen LogP contribution in [-0.2, 0) is 0 Å². The molecule has 0 aliphatic rings. The van der Waals surface area contributed by atoms with Gasteiger partial charge in [0.05, 0.1) is 5.69 Å². The lowest BCUT2D eigenvalue weighted by atomic mass is 10.2. The number of hydrogen-bond acceptors (Lipinski definition) is 3. The van der Waals surface area contributed by atoms with Crippen molar-refractivity contribution < 1.29 is 0 Å². The Bertz CT molecular complexity index is 754. The van der Waals surface area contributed by atoms with Crippen molar-refractivity contribution in [3.05, 3.63) is 66.7 Å². The number of nitrogens with zero attached hydrogens (tertiary/aromatic N) is 2. The van der Waals surface area contributed by atoms with Crippen LogP contribution in [0.5, 0.6) is 0 Å². The number of aromatic nitrogens is 1. The van der Waals surface area contributed by atoms with Gasteiger partial charge in [0.1, 0.15) is 5.00 Å². The Morgan fingerprint density at radius 3 is 2.36 bits per heavy atom. The van der Waals surface area contributed by atoms with E-state index in [1.165, 1.54) is 11.5 Å². The van der Waals surface area contributed by atoms with Gasteiger partial charge in [0.25, 0.3) is 0 Å². The zero-order chi connectivity index (χ0) is 15.4. The van der Waals surface area contributed by atoms with Crippen LogP contribution in [-0.4, -0.2) is 16.5 Å². The molecule has 5 heteroatoms. The Morgan fingerprint density at radius 2 is 1.68 bits per heavy atom. The third-order valence-corrected chi connectivity index (χ3v) is 4.34. The van der Waals surface area contributed by atoms with E-state index in [1.807, 2.05) is 78.7 Å². The van der Waals surface area contributed by atoms with Crippen LogP contribution in [0.3, 0.4) is 0 Å². The third kappa shape index (κ3) is 3.32. The summed E-state index contributed by atoms with van der Waals surface area (Å²) in [4.78, 5) is 1.94. The molecule has 0 saturated carbocycles. The fourth-order valence-corrected chi connectivity index (χ4v) is 2.98.